The third-order valence-electron chi connectivity index (χ3n) is 0.503. The van der Waals surface area contributed by atoms with E-state index in [2.05, 4.69) is 13.8 Å². The second kappa shape index (κ2) is 3.95. The van der Waals surface area contributed by atoms with Crippen LogP contribution < -0.4 is 0 Å². The summed E-state index contributed by atoms with van der Waals surface area (Å²) in [6, 6.07) is 0. The molecule has 0 aromatic heterocycles. The van der Waals surface area contributed by atoms with Crippen molar-refractivity contribution in [3.63, 3.8) is 0 Å². The van der Waals surface area contributed by atoms with Gasteiger partial charge < -0.3 is 0 Å². The van der Waals surface area contributed by atoms with E-state index in [-0.39, 0.29) is 0 Å². The van der Waals surface area contributed by atoms with Crippen LogP contribution in [0.5, 0.6) is 0 Å². The first-order valence-corrected chi connectivity index (χ1v) is 5.55. The third-order valence-corrected chi connectivity index (χ3v) is 2.34. The molecular formula is C4H9Cl2P. The molecule has 44 valence electrons. The van der Waals surface area contributed by atoms with Crippen LogP contribution in [0.2, 0.25) is 0 Å². The standard InChI is InChI=1S/C4H9Cl2P/c1-4(2)3-7(5)6/h4H,3H2,1-2H3. The van der Waals surface area contributed by atoms with Crippen LogP contribution >= 0.6 is 29.1 Å². The van der Waals surface area contributed by atoms with Crippen LogP contribution in [-0.4, -0.2) is 6.16 Å². The Morgan fingerprint density at radius 1 is 1.43 bits per heavy atom. The molecule has 0 unspecified atom stereocenters. The molecule has 0 atom stereocenters. The largest absolute Gasteiger partial charge is 0.0857 e. The summed E-state index contributed by atoms with van der Waals surface area (Å²) in [5.41, 5.74) is 0. The maximum atomic E-state index is 5.50. The van der Waals surface area contributed by atoms with E-state index in [1.54, 1.807) is 0 Å². The number of rotatable bonds is 2. The molecule has 7 heavy (non-hydrogen) atoms. The van der Waals surface area contributed by atoms with Gasteiger partial charge in [-0.3, -0.25) is 0 Å². The van der Waals surface area contributed by atoms with Crippen molar-refractivity contribution in [3.8, 4) is 0 Å². The van der Waals surface area contributed by atoms with Crippen molar-refractivity contribution >= 4 is 29.1 Å². The monoisotopic (exact) mass is 158 g/mol. The SMILES string of the molecule is CC(C)CP(Cl)Cl. The second-order valence-electron chi connectivity index (χ2n) is 1.88. The normalized spacial score (nSPS) is 11.1. The summed E-state index contributed by atoms with van der Waals surface area (Å²) in [6.07, 6.45) is 0.957. The van der Waals surface area contributed by atoms with Crippen molar-refractivity contribution in [2.45, 2.75) is 13.8 Å². The van der Waals surface area contributed by atoms with Crippen molar-refractivity contribution in [1.82, 2.24) is 0 Å². The molecule has 0 spiro atoms. The Kier molecular flexibility index (Phi) is 4.52. The summed E-state index contributed by atoms with van der Waals surface area (Å²) in [4.78, 5) is 0. The van der Waals surface area contributed by atoms with Crippen molar-refractivity contribution in [2.24, 2.45) is 5.92 Å². The Balaban J connectivity index is 2.95. The van der Waals surface area contributed by atoms with Gasteiger partial charge in [0.05, 0.1) is 6.63 Å². The molecular weight excluding hydrogens is 150 g/mol. The predicted octanol–water partition coefficient (Wildman–Crippen LogP) is 3.43. The van der Waals surface area contributed by atoms with E-state index in [1.807, 2.05) is 0 Å². The van der Waals surface area contributed by atoms with Gasteiger partial charge in [0.15, 0.2) is 0 Å². The van der Waals surface area contributed by atoms with Gasteiger partial charge >= 0.3 is 0 Å². The van der Waals surface area contributed by atoms with Crippen LogP contribution in [-0.2, 0) is 0 Å². The highest BCUT2D eigenvalue weighted by Gasteiger charge is 2.00. The molecule has 0 radical (unpaired) electrons. The van der Waals surface area contributed by atoms with Gasteiger partial charge in [-0.2, -0.15) is 0 Å². The number of hydrogen-bond acceptors (Lipinski definition) is 0. The lowest BCUT2D eigenvalue weighted by Gasteiger charge is -2.01. The lowest BCUT2D eigenvalue weighted by molar-refractivity contribution is 0.749. The molecule has 0 amide bonds. The number of hydrogen-bond donors (Lipinski definition) is 0. The van der Waals surface area contributed by atoms with Gasteiger partial charge in [0.25, 0.3) is 0 Å². The Bertz CT molecular complexity index is 39.0. The minimum Gasteiger partial charge on any atom is -0.0781 e. The highest BCUT2D eigenvalue weighted by Crippen LogP contribution is 2.47. The van der Waals surface area contributed by atoms with E-state index in [4.69, 9.17) is 22.5 Å². The first kappa shape index (κ1) is 8.01. The van der Waals surface area contributed by atoms with E-state index < -0.39 is 6.63 Å². The summed E-state index contributed by atoms with van der Waals surface area (Å²) >= 11 is 11.0. The lowest BCUT2D eigenvalue weighted by Crippen LogP contribution is -1.86. The highest BCUT2D eigenvalue weighted by atomic mass is 35.9. The van der Waals surface area contributed by atoms with Gasteiger partial charge in [-0.15, -0.1) is 0 Å². The van der Waals surface area contributed by atoms with Crippen LogP contribution in [0.25, 0.3) is 0 Å². The zero-order valence-electron chi connectivity index (χ0n) is 4.49. The van der Waals surface area contributed by atoms with Crippen LogP contribution in [0.1, 0.15) is 13.8 Å². The van der Waals surface area contributed by atoms with Crippen LogP contribution in [0.4, 0.5) is 0 Å². The summed E-state index contributed by atoms with van der Waals surface area (Å²) in [7, 11) is 0. The maximum Gasteiger partial charge on any atom is 0.0857 e. The van der Waals surface area contributed by atoms with E-state index in [0.717, 1.165) is 6.16 Å². The van der Waals surface area contributed by atoms with Crippen LogP contribution in [0.15, 0.2) is 0 Å². The molecule has 0 aromatic rings. The fourth-order valence-corrected chi connectivity index (χ4v) is 2.48. The quantitative estimate of drug-likeness (QED) is 0.541. The molecule has 0 aromatic carbocycles. The van der Waals surface area contributed by atoms with Crippen molar-refractivity contribution in [1.29, 1.82) is 0 Å². The molecule has 0 saturated carbocycles. The van der Waals surface area contributed by atoms with Gasteiger partial charge in [-0.1, -0.05) is 36.3 Å². The minimum atomic E-state index is -0.695. The number of halogens is 2. The Labute approximate surface area is 55.5 Å². The Hall–Kier alpha value is 1.01. The van der Waals surface area contributed by atoms with Gasteiger partial charge in [-0.05, 0) is 12.1 Å². The van der Waals surface area contributed by atoms with E-state index in [0.29, 0.717) is 5.92 Å². The smallest absolute Gasteiger partial charge is 0.0781 e. The molecule has 0 aliphatic rings. The molecule has 0 heterocycles. The Morgan fingerprint density at radius 2 is 1.86 bits per heavy atom. The molecule has 0 rings (SSSR count). The summed E-state index contributed by atoms with van der Waals surface area (Å²) < 4.78 is 0. The van der Waals surface area contributed by atoms with Crippen molar-refractivity contribution in [2.75, 3.05) is 6.16 Å². The molecule has 0 nitrogen and oxygen atoms in total. The molecule has 0 bridgehead atoms. The van der Waals surface area contributed by atoms with E-state index in [1.165, 1.54) is 0 Å². The lowest BCUT2D eigenvalue weighted by atomic mass is 10.3. The molecule has 0 aliphatic carbocycles. The van der Waals surface area contributed by atoms with Gasteiger partial charge in [0.1, 0.15) is 0 Å². The van der Waals surface area contributed by atoms with Gasteiger partial charge in [0, 0.05) is 0 Å². The minimum absolute atomic E-state index is 0.640. The van der Waals surface area contributed by atoms with Gasteiger partial charge in [0.2, 0.25) is 0 Å². The molecule has 0 saturated heterocycles. The highest BCUT2D eigenvalue weighted by molar-refractivity contribution is 8.03. The first-order chi connectivity index (χ1) is 3.13. The van der Waals surface area contributed by atoms with E-state index in [9.17, 15) is 0 Å². The fraction of sp³-hybridized carbons (Fsp3) is 1.00. The summed E-state index contributed by atoms with van der Waals surface area (Å²) in [6.45, 7) is 3.53. The predicted molar refractivity (Wildman–Crippen MR) is 38.3 cm³/mol. The molecule has 0 fully saturated rings. The van der Waals surface area contributed by atoms with Gasteiger partial charge in [-0.25, -0.2) is 0 Å². The average molecular weight is 159 g/mol. The molecule has 0 N–H and O–H groups in total. The van der Waals surface area contributed by atoms with Crippen LogP contribution in [0, 0.1) is 5.92 Å². The van der Waals surface area contributed by atoms with Crippen LogP contribution in [0.3, 0.4) is 0 Å². The Morgan fingerprint density at radius 3 is 1.86 bits per heavy atom. The van der Waals surface area contributed by atoms with Crippen molar-refractivity contribution < 1.29 is 0 Å². The first-order valence-electron chi connectivity index (χ1n) is 2.22. The van der Waals surface area contributed by atoms with Crippen molar-refractivity contribution in [3.05, 3.63) is 0 Å². The van der Waals surface area contributed by atoms with E-state index >= 15 is 0 Å². The third kappa shape index (κ3) is 7.01. The zero-order chi connectivity index (χ0) is 5.86. The topological polar surface area (TPSA) is 0 Å². The summed E-state index contributed by atoms with van der Waals surface area (Å²) in [5, 5.41) is 0. The molecule has 0 aliphatic heterocycles. The zero-order valence-corrected chi connectivity index (χ0v) is 6.89. The average Bonchev–Trinajstić information content (AvgIpc) is 1.27. The fourth-order valence-electron chi connectivity index (χ4n) is 0.276. The summed E-state index contributed by atoms with van der Waals surface area (Å²) in [5.74, 6) is 0.640. The molecule has 3 heteroatoms. The second-order valence-corrected chi connectivity index (χ2v) is 5.82. The maximum absolute atomic E-state index is 5.50.